The summed E-state index contributed by atoms with van der Waals surface area (Å²) in [6.07, 6.45) is 5.22. The predicted molar refractivity (Wildman–Crippen MR) is 121 cm³/mol. The lowest BCUT2D eigenvalue weighted by Crippen LogP contribution is -2.02. The number of fused-ring (bicyclic) bond motifs is 5. The summed E-state index contributed by atoms with van der Waals surface area (Å²) in [6.45, 7) is 0. The fourth-order valence-corrected chi connectivity index (χ4v) is 3.85. The molecular formula is C24H25ClN2. The van der Waals surface area contributed by atoms with Gasteiger partial charge < -0.3 is 11.5 Å². The first-order valence-electron chi connectivity index (χ1n) is 9.26. The maximum Gasteiger partial charge on any atom is 0.0547 e. The van der Waals surface area contributed by atoms with Crippen molar-refractivity contribution in [2.24, 2.45) is 0 Å². The molecule has 0 amide bonds. The van der Waals surface area contributed by atoms with E-state index in [0.717, 1.165) is 0 Å². The molecule has 0 aliphatic heterocycles. The van der Waals surface area contributed by atoms with Gasteiger partial charge >= 0.3 is 0 Å². The van der Waals surface area contributed by atoms with Gasteiger partial charge in [-0.3, -0.25) is 0 Å². The van der Waals surface area contributed by atoms with Crippen molar-refractivity contribution in [2.75, 3.05) is 11.5 Å². The van der Waals surface area contributed by atoms with Crippen LogP contribution in [0.2, 0.25) is 0 Å². The van der Waals surface area contributed by atoms with Crippen molar-refractivity contribution in [1.29, 1.82) is 0 Å². The quantitative estimate of drug-likeness (QED) is 0.286. The highest BCUT2D eigenvalue weighted by Crippen LogP contribution is 2.33. The lowest BCUT2D eigenvalue weighted by molar-refractivity contribution is 0.690. The molecule has 3 heteroatoms. The van der Waals surface area contributed by atoms with E-state index in [4.69, 9.17) is 11.5 Å². The maximum absolute atomic E-state index is 5.39. The summed E-state index contributed by atoms with van der Waals surface area (Å²) in [5.41, 5.74) is 15.3. The zero-order chi connectivity index (χ0) is 17.9. The van der Waals surface area contributed by atoms with Crippen LogP contribution in [0.25, 0.3) is 21.5 Å². The molecule has 0 bridgehead atoms. The summed E-state index contributed by atoms with van der Waals surface area (Å²) in [6, 6.07) is 25.2. The molecule has 1 aliphatic carbocycles. The van der Waals surface area contributed by atoms with Crippen LogP contribution in [0.3, 0.4) is 0 Å². The Bertz CT molecular complexity index is 1050. The fourth-order valence-electron chi connectivity index (χ4n) is 3.85. The van der Waals surface area contributed by atoms with Crippen molar-refractivity contribution in [3.63, 3.8) is 0 Å². The number of hydrogen-bond acceptors (Lipinski definition) is 2. The van der Waals surface area contributed by atoms with Crippen molar-refractivity contribution in [1.82, 2.24) is 0 Å². The average Bonchev–Trinajstić information content (AvgIpc) is 2.70. The highest BCUT2D eigenvalue weighted by atomic mass is 35.5. The van der Waals surface area contributed by atoms with Crippen molar-refractivity contribution in [3.05, 3.63) is 83.9 Å². The van der Waals surface area contributed by atoms with Gasteiger partial charge in [0.05, 0.1) is 11.4 Å². The molecule has 0 fully saturated rings. The van der Waals surface area contributed by atoms with E-state index in [1.54, 1.807) is 23.3 Å². The molecule has 27 heavy (non-hydrogen) atoms. The van der Waals surface area contributed by atoms with Gasteiger partial charge in [-0.2, -0.15) is 0 Å². The number of nitrogens with two attached hydrogens (primary N) is 2. The number of rotatable bonds is 0. The topological polar surface area (TPSA) is 52.0 Å². The largest absolute Gasteiger partial charge is 0.397 e. The van der Waals surface area contributed by atoms with Crippen LogP contribution in [-0.4, -0.2) is 0 Å². The van der Waals surface area contributed by atoms with Crippen molar-refractivity contribution in [3.8, 4) is 0 Å². The number of benzene rings is 4. The summed E-state index contributed by atoms with van der Waals surface area (Å²) in [7, 11) is 0. The van der Waals surface area contributed by atoms with E-state index in [1.165, 1.54) is 47.2 Å². The Morgan fingerprint density at radius 3 is 1.93 bits per heavy atom. The number of anilines is 2. The Morgan fingerprint density at radius 1 is 0.556 bits per heavy atom. The van der Waals surface area contributed by atoms with E-state index in [9.17, 15) is 0 Å². The third-order valence-electron chi connectivity index (χ3n) is 5.25. The minimum atomic E-state index is 0. The van der Waals surface area contributed by atoms with Crippen molar-refractivity contribution >= 4 is 45.3 Å². The summed E-state index contributed by atoms with van der Waals surface area (Å²) >= 11 is 0. The number of aryl methyl sites for hydroxylation is 2. The lowest BCUT2D eigenvalue weighted by atomic mass is 9.86. The van der Waals surface area contributed by atoms with Gasteiger partial charge in [0.1, 0.15) is 0 Å². The van der Waals surface area contributed by atoms with Gasteiger partial charge in [0.15, 0.2) is 0 Å². The number of nitrogen functional groups attached to an aromatic ring is 2. The normalized spacial score (nSPS) is 12.6. The molecule has 0 spiro atoms. The summed E-state index contributed by atoms with van der Waals surface area (Å²) in [5, 5.41) is 5.64. The molecule has 4 N–H and O–H groups in total. The van der Waals surface area contributed by atoms with Gasteiger partial charge in [0.2, 0.25) is 0 Å². The molecule has 0 saturated heterocycles. The van der Waals surface area contributed by atoms with Crippen LogP contribution in [-0.2, 0) is 12.8 Å². The number of halogens is 1. The van der Waals surface area contributed by atoms with E-state index in [-0.39, 0.29) is 12.4 Å². The third kappa shape index (κ3) is 3.86. The molecule has 4 aromatic carbocycles. The van der Waals surface area contributed by atoms with E-state index >= 15 is 0 Å². The van der Waals surface area contributed by atoms with Gasteiger partial charge in [-0.05, 0) is 70.5 Å². The molecule has 1 aliphatic rings. The van der Waals surface area contributed by atoms with Crippen LogP contribution in [0.15, 0.2) is 72.8 Å². The van der Waals surface area contributed by atoms with Gasteiger partial charge in [0.25, 0.3) is 0 Å². The molecule has 2 nitrogen and oxygen atoms in total. The predicted octanol–water partition coefficient (Wildman–Crippen LogP) is 6.14. The van der Waals surface area contributed by atoms with Gasteiger partial charge in [0, 0.05) is 0 Å². The molecule has 0 radical (unpaired) electrons. The molecule has 0 heterocycles. The molecule has 0 atom stereocenters. The Balaban J connectivity index is 0.000000200. The third-order valence-corrected chi connectivity index (χ3v) is 5.25. The maximum atomic E-state index is 5.39. The first-order chi connectivity index (χ1) is 12.7. The van der Waals surface area contributed by atoms with E-state index in [2.05, 4.69) is 48.5 Å². The lowest BCUT2D eigenvalue weighted by Gasteiger charge is -2.18. The molecule has 0 unspecified atom stereocenters. The van der Waals surface area contributed by atoms with Gasteiger partial charge in [-0.1, -0.05) is 60.7 Å². The van der Waals surface area contributed by atoms with Crippen LogP contribution >= 0.6 is 12.4 Å². The molecule has 0 saturated carbocycles. The molecule has 0 aromatic heterocycles. The van der Waals surface area contributed by atoms with E-state index in [0.29, 0.717) is 11.4 Å². The Morgan fingerprint density at radius 2 is 1.19 bits per heavy atom. The zero-order valence-electron chi connectivity index (χ0n) is 15.3. The second kappa shape index (κ2) is 8.32. The first-order valence-corrected chi connectivity index (χ1v) is 9.26. The second-order valence-electron chi connectivity index (χ2n) is 6.92. The molecule has 5 rings (SSSR count). The minimum Gasteiger partial charge on any atom is -0.397 e. The van der Waals surface area contributed by atoms with Crippen LogP contribution in [0, 0.1) is 0 Å². The van der Waals surface area contributed by atoms with Gasteiger partial charge in [-0.15, -0.1) is 12.4 Å². The number of hydrogen-bond donors (Lipinski definition) is 2. The average molecular weight is 377 g/mol. The SMILES string of the molecule is Cl.Nc1ccccc1N.c1ccc2c(c1)ccc1c3c(ccc12)CCCC3. The molecule has 138 valence electrons. The Kier molecular flexibility index (Phi) is 5.88. The minimum absolute atomic E-state index is 0. The van der Waals surface area contributed by atoms with Gasteiger partial charge in [-0.25, -0.2) is 0 Å². The van der Waals surface area contributed by atoms with Crippen molar-refractivity contribution < 1.29 is 0 Å². The number of para-hydroxylation sites is 2. The standard InChI is InChI=1S/C18H16.C6H8N2.ClH/c1-3-7-15-13(5-1)9-11-18-16-8-4-2-6-14(16)10-12-17(15)18;7-5-3-1-2-4-6(5)8;/h1,3,5,7,9-12H,2,4,6,8H2;1-4H,7-8H2;1H. The highest BCUT2D eigenvalue weighted by molar-refractivity contribution is 6.08. The summed E-state index contributed by atoms with van der Waals surface area (Å²) < 4.78 is 0. The summed E-state index contributed by atoms with van der Waals surface area (Å²) in [5.74, 6) is 0. The van der Waals surface area contributed by atoms with E-state index in [1.807, 2.05) is 12.1 Å². The monoisotopic (exact) mass is 376 g/mol. The smallest absolute Gasteiger partial charge is 0.0547 e. The van der Waals surface area contributed by atoms with Crippen LogP contribution in [0.4, 0.5) is 11.4 Å². The van der Waals surface area contributed by atoms with Crippen molar-refractivity contribution in [2.45, 2.75) is 25.7 Å². The zero-order valence-corrected chi connectivity index (χ0v) is 16.1. The Hall–Kier alpha value is -2.71. The first kappa shape index (κ1) is 19.1. The second-order valence-corrected chi connectivity index (χ2v) is 6.92. The highest BCUT2D eigenvalue weighted by Gasteiger charge is 2.13. The van der Waals surface area contributed by atoms with Crippen LogP contribution in [0.5, 0.6) is 0 Å². The Labute approximate surface area is 166 Å². The van der Waals surface area contributed by atoms with Crippen LogP contribution < -0.4 is 11.5 Å². The fraction of sp³-hybridized carbons (Fsp3) is 0.167. The summed E-state index contributed by atoms with van der Waals surface area (Å²) in [4.78, 5) is 0. The molecule has 4 aromatic rings. The van der Waals surface area contributed by atoms with Crippen LogP contribution in [0.1, 0.15) is 24.0 Å². The van der Waals surface area contributed by atoms with E-state index < -0.39 is 0 Å². The molecular weight excluding hydrogens is 352 g/mol.